The molecule has 154 valence electrons. The molecule has 0 spiro atoms. The molecule has 2 aromatic rings. The minimum atomic E-state index is 0.0511. The van der Waals surface area contributed by atoms with Gasteiger partial charge in [-0.2, -0.15) is 0 Å². The minimum absolute atomic E-state index is 0.0511. The fraction of sp³-hybridized carbons (Fsp3) is 0.545. The van der Waals surface area contributed by atoms with E-state index in [9.17, 15) is 9.59 Å². The first-order valence-corrected chi connectivity index (χ1v) is 11.3. The van der Waals surface area contributed by atoms with E-state index in [1.807, 2.05) is 42.0 Å². The van der Waals surface area contributed by atoms with Crippen LogP contribution in [-0.2, 0) is 11.3 Å². The zero-order valence-electron chi connectivity index (χ0n) is 17.1. The summed E-state index contributed by atoms with van der Waals surface area (Å²) in [5.41, 5.74) is 1.84. The second kappa shape index (κ2) is 8.61. The van der Waals surface area contributed by atoms with E-state index >= 15 is 0 Å². The SMILES string of the molecule is Cc1nc(C)c(C(=O)N2CCCC(N(Cc3cccnc3)C(=O)C3CCC3)C2)s1. The van der Waals surface area contributed by atoms with Crippen LogP contribution in [0.25, 0.3) is 0 Å². The van der Waals surface area contributed by atoms with Gasteiger partial charge in [0.05, 0.1) is 10.7 Å². The van der Waals surface area contributed by atoms with Crippen LogP contribution in [0.5, 0.6) is 0 Å². The summed E-state index contributed by atoms with van der Waals surface area (Å²) >= 11 is 1.46. The zero-order valence-corrected chi connectivity index (χ0v) is 18.0. The third-order valence-electron chi connectivity index (χ3n) is 6.04. The standard InChI is InChI=1S/C22H28N4O2S/c1-15-20(29-16(2)24-15)22(28)25-11-5-9-19(14-25)26(21(27)18-7-3-8-18)13-17-6-4-10-23-12-17/h4,6,10,12,18-19H,3,5,7-9,11,13-14H2,1-2H3. The average molecular weight is 413 g/mol. The molecule has 1 aliphatic carbocycles. The van der Waals surface area contributed by atoms with E-state index in [2.05, 4.69) is 9.97 Å². The van der Waals surface area contributed by atoms with Gasteiger partial charge in [-0.3, -0.25) is 14.6 Å². The van der Waals surface area contributed by atoms with Crippen molar-refractivity contribution in [2.75, 3.05) is 13.1 Å². The number of carbonyl (C=O) groups excluding carboxylic acids is 2. The highest BCUT2D eigenvalue weighted by Gasteiger charge is 2.36. The Bertz CT molecular complexity index is 878. The Morgan fingerprint density at radius 1 is 1.24 bits per heavy atom. The van der Waals surface area contributed by atoms with Crippen LogP contribution in [0.3, 0.4) is 0 Å². The summed E-state index contributed by atoms with van der Waals surface area (Å²) in [6, 6.07) is 3.98. The van der Waals surface area contributed by atoms with Gasteiger partial charge in [-0.15, -0.1) is 11.3 Å². The summed E-state index contributed by atoms with van der Waals surface area (Å²) in [5, 5.41) is 0.915. The van der Waals surface area contributed by atoms with E-state index in [0.29, 0.717) is 13.1 Å². The molecule has 1 unspecified atom stereocenters. The van der Waals surface area contributed by atoms with Crippen molar-refractivity contribution in [2.24, 2.45) is 5.92 Å². The van der Waals surface area contributed by atoms with Gasteiger partial charge >= 0.3 is 0 Å². The number of likely N-dealkylation sites (tertiary alicyclic amines) is 1. The predicted octanol–water partition coefficient (Wildman–Crippen LogP) is 3.59. The second-order valence-electron chi connectivity index (χ2n) is 8.15. The quantitative estimate of drug-likeness (QED) is 0.753. The highest BCUT2D eigenvalue weighted by molar-refractivity contribution is 7.13. The number of nitrogens with zero attached hydrogens (tertiary/aromatic N) is 4. The molecule has 2 aliphatic rings. The summed E-state index contributed by atoms with van der Waals surface area (Å²) in [5.74, 6) is 0.434. The van der Waals surface area contributed by atoms with Crippen LogP contribution in [0, 0.1) is 19.8 Å². The fourth-order valence-corrected chi connectivity index (χ4v) is 5.12. The summed E-state index contributed by atoms with van der Waals surface area (Å²) in [4.78, 5) is 39.6. The predicted molar refractivity (Wildman–Crippen MR) is 113 cm³/mol. The first-order chi connectivity index (χ1) is 14.0. The van der Waals surface area contributed by atoms with Crippen molar-refractivity contribution in [1.29, 1.82) is 0 Å². The molecule has 0 bridgehead atoms. The molecule has 2 fully saturated rings. The summed E-state index contributed by atoms with van der Waals surface area (Å²) in [7, 11) is 0. The molecule has 6 nitrogen and oxygen atoms in total. The van der Waals surface area contributed by atoms with Crippen LogP contribution >= 0.6 is 11.3 Å². The van der Waals surface area contributed by atoms with Crippen LogP contribution < -0.4 is 0 Å². The van der Waals surface area contributed by atoms with Crippen molar-refractivity contribution in [3.8, 4) is 0 Å². The van der Waals surface area contributed by atoms with Crippen molar-refractivity contribution in [3.63, 3.8) is 0 Å². The molecule has 1 saturated heterocycles. The Balaban J connectivity index is 1.52. The normalized spacial score (nSPS) is 19.7. The smallest absolute Gasteiger partial charge is 0.265 e. The number of rotatable bonds is 5. The maximum absolute atomic E-state index is 13.2. The van der Waals surface area contributed by atoms with Gasteiger partial charge in [-0.05, 0) is 51.2 Å². The molecule has 7 heteroatoms. The first-order valence-electron chi connectivity index (χ1n) is 10.5. The van der Waals surface area contributed by atoms with E-state index in [1.165, 1.54) is 11.3 Å². The van der Waals surface area contributed by atoms with Crippen molar-refractivity contribution >= 4 is 23.2 Å². The molecular formula is C22H28N4O2S. The molecule has 1 saturated carbocycles. The summed E-state index contributed by atoms with van der Waals surface area (Å²) in [6.45, 7) is 5.72. The molecule has 4 rings (SSSR count). The lowest BCUT2D eigenvalue weighted by Gasteiger charge is -2.42. The minimum Gasteiger partial charge on any atom is -0.336 e. The lowest BCUT2D eigenvalue weighted by Crippen LogP contribution is -2.53. The van der Waals surface area contributed by atoms with Crippen molar-refractivity contribution in [1.82, 2.24) is 19.8 Å². The summed E-state index contributed by atoms with van der Waals surface area (Å²) in [6.07, 6.45) is 8.53. The van der Waals surface area contributed by atoms with E-state index in [4.69, 9.17) is 0 Å². The fourth-order valence-electron chi connectivity index (χ4n) is 4.23. The number of pyridine rings is 1. The molecule has 0 aromatic carbocycles. The molecular weight excluding hydrogens is 384 g/mol. The van der Waals surface area contributed by atoms with Crippen molar-refractivity contribution in [3.05, 3.63) is 45.7 Å². The molecule has 2 amide bonds. The number of aromatic nitrogens is 2. The number of carbonyl (C=O) groups is 2. The van der Waals surface area contributed by atoms with E-state index in [0.717, 1.165) is 59.8 Å². The van der Waals surface area contributed by atoms with E-state index in [-0.39, 0.29) is 23.8 Å². The van der Waals surface area contributed by atoms with Crippen LogP contribution in [0.4, 0.5) is 0 Å². The van der Waals surface area contributed by atoms with Crippen LogP contribution in [0.15, 0.2) is 24.5 Å². The van der Waals surface area contributed by atoms with Crippen LogP contribution in [-0.4, -0.2) is 50.7 Å². The molecule has 0 radical (unpaired) electrons. The van der Waals surface area contributed by atoms with Gasteiger partial charge in [0.1, 0.15) is 4.88 Å². The Kier molecular flexibility index (Phi) is 5.94. The highest BCUT2D eigenvalue weighted by Crippen LogP contribution is 2.31. The van der Waals surface area contributed by atoms with Gasteiger partial charge in [0.2, 0.25) is 5.91 Å². The second-order valence-corrected chi connectivity index (χ2v) is 9.35. The van der Waals surface area contributed by atoms with Crippen LogP contribution in [0.2, 0.25) is 0 Å². The zero-order chi connectivity index (χ0) is 20.4. The topological polar surface area (TPSA) is 66.4 Å². The molecule has 29 heavy (non-hydrogen) atoms. The molecule has 1 aliphatic heterocycles. The maximum Gasteiger partial charge on any atom is 0.265 e. The number of hydrogen-bond acceptors (Lipinski definition) is 5. The highest BCUT2D eigenvalue weighted by atomic mass is 32.1. The van der Waals surface area contributed by atoms with Crippen molar-refractivity contribution < 1.29 is 9.59 Å². The number of piperidine rings is 1. The van der Waals surface area contributed by atoms with Gasteiger partial charge in [0.25, 0.3) is 5.91 Å². The van der Waals surface area contributed by atoms with Gasteiger partial charge < -0.3 is 9.80 Å². The molecule has 0 N–H and O–H groups in total. The Hall–Kier alpha value is -2.28. The third kappa shape index (κ3) is 4.34. The average Bonchev–Trinajstić information content (AvgIpc) is 3.03. The Labute approximate surface area is 176 Å². The van der Waals surface area contributed by atoms with Gasteiger partial charge in [0, 0.05) is 44.0 Å². The van der Waals surface area contributed by atoms with Gasteiger partial charge in [-0.1, -0.05) is 12.5 Å². The maximum atomic E-state index is 13.2. The molecule has 2 aromatic heterocycles. The molecule has 1 atom stereocenters. The Morgan fingerprint density at radius 2 is 2.07 bits per heavy atom. The molecule has 3 heterocycles. The Morgan fingerprint density at radius 3 is 2.69 bits per heavy atom. The number of amides is 2. The monoisotopic (exact) mass is 412 g/mol. The largest absolute Gasteiger partial charge is 0.336 e. The lowest BCUT2D eigenvalue weighted by atomic mass is 9.83. The van der Waals surface area contributed by atoms with Crippen LogP contribution in [0.1, 0.15) is 58.0 Å². The number of aryl methyl sites for hydroxylation is 2. The first kappa shape index (κ1) is 20.0. The summed E-state index contributed by atoms with van der Waals surface area (Å²) < 4.78 is 0. The number of thiazole rings is 1. The van der Waals surface area contributed by atoms with E-state index in [1.54, 1.807) is 6.20 Å². The van der Waals surface area contributed by atoms with Gasteiger partial charge in [0.15, 0.2) is 0 Å². The number of hydrogen-bond donors (Lipinski definition) is 0. The van der Waals surface area contributed by atoms with Gasteiger partial charge in [-0.25, -0.2) is 4.98 Å². The van der Waals surface area contributed by atoms with E-state index < -0.39 is 0 Å². The van der Waals surface area contributed by atoms with Crippen molar-refractivity contribution in [2.45, 2.75) is 58.5 Å². The third-order valence-corrected chi connectivity index (χ3v) is 7.10. The lowest BCUT2D eigenvalue weighted by molar-refractivity contribution is -0.142.